The number of fused-ring (bicyclic) bond motifs is 1. The molecule has 1 fully saturated rings. The molecule has 0 aliphatic carbocycles. The van der Waals surface area contributed by atoms with Crippen molar-refractivity contribution in [2.24, 2.45) is 5.92 Å². The molecule has 1 amide bonds. The number of hydrogen-bond donors (Lipinski definition) is 1. The summed E-state index contributed by atoms with van der Waals surface area (Å²) in [5.41, 5.74) is 5.07. The minimum Gasteiger partial charge on any atom is -0.493 e. The number of carboxylic acids is 1. The number of carboxylic acid groups (broad SMARTS) is 1. The van der Waals surface area contributed by atoms with Crippen LogP contribution in [0.4, 0.5) is 5.69 Å². The van der Waals surface area contributed by atoms with E-state index >= 15 is 0 Å². The van der Waals surface area contributed by atoms with Gasteiger partial charge in [-0.15, -0.1) is 0 Å². The molecule has 0 saturated carbocycles. The summed E-state index contributed by atoms with van der Waals surface area (Å²) in [6.45, 7) is 4.92. The molecule has 0 radical (unpaired) electrons. The number of rotatable bonds is 13. The van der Waals surface area contributed by atoms with E-state index in [1.165, 1.54) is 11.9 Å². The van der Waals surface area contributed by atoms with Crippen LogP contribution in [0.2, 0.25) is 0 Å². The highest BCUT2D eigenvalue weighted by atomic mass is 16.5. The molecule has 234 valence electrons. The van der Waals surface area contributed by atoms with Crippen LogP contribution in [0.1, 0.15) is 54.5 Å². The van der Waals surface area contributed by atoms with Crippen LogP contribution in [0, 0.1) is 5.92 Å². The zero-order chi connectivity index (χ0) is 31.3. The average molecular weight is 601 g/mol. The van der Waals surface area contributed by atoms with E-state index in [1.807, 2.05) is 35.2 Å². The summed E-state index contributed by atoms with van der Waals surface area (Å²) in [6, 6.07) is 15.9. The van der Waals surface area contributed by atoms with Crippen LogP contribution in [-0.4, -0.2) is 89.8 Å². The van der Waals surface area contributed by atoms with Gasteiger partial charge in [-0.25, -0.2) is 9.97 Å². The molecule has 2 aliphatic heterocycles. The molecule has 5 rings (SSSR count). The number of anilines is 1. The smallest absolute Gasteiger partial charge is 0.308 e. The summed E-state index contributed by atoms with van der Waals surface area (Å²) < 4.78 is 6.51. The molecule has 3 atom stereocenters. The molecule has 2 aromatic carbocycles. The molecule has 2 aliphatic rings. The Labute approximate surface area is 261 Å². The van der Waals surface area contributed by atoms with E-state index in [0.717, 1.165) is 58.5 Å². The minimum absolute atomic E-state index is 0.0000247. The first-order valence-electron chi connectivity index (χ1n) is 15.8. The molecule has 9 nitrogen and oxygen atoms in total. The van der Waals surface area contributed by atoms with Crippen molar-refractivity contribution in [3.63, 3.8) is 0 Å². The topological polar surface area (TPSA) is 95.9 Å². The van der Waals surface area contributed by atoms with Crippen molar-refractivity contribution in [1.29, 1.82) is 0 Å². The zero-order valence-electron chi connectivity index (χ0n) is 26.5. The molecule has 3 aromatic rings. The van der Waals surface area contributed by atoms with Crippen LogP contribution >= 0.6 is 0 Å². The van der Waals surface area contributed by atoms with Gasteiger partial charge in [-0.05, 0) is 54.7 Å². The van der Waals surface area contributed by atoms with Gasteiger partial charge in [0.1, 0.15) is 18.6 Å². The van der Waals surface area contributed by atoms with Crippen LogP contribution in [0.5, 0.6) is 5.75 Å². The Morgan fingerprint density at radius 2 is 1.98 bits per heavy atom. The second-order valence-corrected chi connectivity index (χ2v) is 13.2. The van der Waals surface area contributed by atoms with Gasteiger partial charge in [0, 0.05) is 54.6 Å². The van der Waals surface area contributed by atoms with E-state index in [1.54, 1.807) is 6.20 Å². The summed E-state index contributed by atoms with van der Waals surface area (Å²) in [7, 11) is 6.47. The van der Waals surface area contributed by atoms with Crippen molar-refractivity contribution >= 4 is 17.6 Å². The third-order valence-electron chi connectivity index (χ3n) is 8.77. The average Bonchev–Trinajstić information content (AvgIpc) is 3.60. The largest absolute Gasteiger partial charge is 0.493 e. The van der Waals surface area contributed by atoms with Gasteiger partial charge in [0.15, 0.2) is 0 Å². The Balaban J connectivity index is 1.44. The number of benzene rings is 2. The number of quaternary nitrogens is 1. The highest BCUT2D eigenvalue weighted by Gasteiger charge is 2.47. The lowest BCUT2D eigenvalue weighted by Crippen LogP contribution is -2.44. The molecule has 0 spiro atoms. The number of carbonyl (C=O) groups is 2. The fourth-order valence-corrected chi connectivity index (χ4v) is 6.73. The molecular weight excluding hydrogens is 554 g/mol. The molecule has 1 N–H and O–H groups in total. The van der Waals surface area contributed by atoms with Crippen LogP contribution in [0.15, 0.2) is 61.1 Å². The summed E-state index contributed by atoms with van der Waals surface area (Å²) in [5.74, 6) is -0.837. The Hall–Kier alpha value is -3.82. The van der Waals surface area contributed by atoms with Gasteiger partial charge in [-0.1, -0.05) is 37.6 Å². The summed E-state index contributed by atoms with van der Waals surface area (Å²) in [6.07, 6.45) is 7.11. The van der Waals surface area contributed by atoms with E-state index in [-0.39, 0.29) is 24.4 Å². The Kier molecular flexibility index (Phi) is 9.96. The predicted octanol–water partition coefficient (Wildman–Crippen LogP) is 4.55. The maximum Gasteiger partial charge on any atom is 0.308 e. The third kappa shape index (κ3) is 7.63. The van der Waals surface area contributed by atoms with Gasteiger partial charge < -0.3 is 19.2 Å². The molecule has 0 unspecified atom stereocenters. The van der Waals surface area contributed by atoms with Crippen molar-refractivity contribution in [2.75, 3.05) is 52.3 Å². The Morgan fingerprint density at radius 1 is 1.14 bits per heavy atom. The van der Waals surface area contributed by atoms with Crippen molar-refractivity contribution in [3.8, 4) is 5.75 Å². The normalized spacial score (nSPS) is 19.9. The van der Waals surface area contributed by atoms with Crippen molar-refractivity contribution in [2.45, 2.75) is 57.5 Å². The number of aromatic nitrogens is 2. The van der Waals surface area contributed by atoms with Gasteiger partial charge in [0.05, 0.1) is 40.2 Å². The Morgan fingerprint density at radius 3 is 2.70 bits per heavy atom. The second-order valence-electron chi connectivity index (χ2n) is 13.2. The number of ether oxygens (including phenoxy) is 1. The molecule has 9 heteroatoms. The lowest BCUT2D eigenvalue weighted by Gasteiger charge is -2.30. The fraction of sp³-hybridized carbons (Fsp3) is 0.486. The number of aliphatic carboxylic acids is 1. The number of carbonyl (C=O) groups excluding carboxylic acids is 1. The lowest BCUT2D eigenvalue weighted by molar-refractivity contribution is -0.884. The molecule has 1 saturated heterocycles. The lowest BCUT2D eigenvalue weighted by atomic mass is 9.83. The fourth-order valence-electron chi connectivity index (χ4n) is 6.73. The first-order valence-corrected chi connectivity index (χ1v) is 15.8. The molecule has 1 aromatic heterocycles. The quantitative estimate of drug-likeness (QED) is 0.288. The maximum atomic E-state index is 14.2. The van der Waals surface area contributed by atoms with Crippen molar-refractivity contribution in [3.05, 3.63) is 83.4 Å². The van der Waals surface area contributed by atoms with Gasteiger partial charge in [-0.3, -0.25) is 14.5 Å². The van der Waals surface area contributed by atoms with E-state index in [2.05, 4.69) is 61.1 Å². The van der Waals surface area contributed by atoms with Crippen molar-refractivity contribution < 1.29 is 23.9 Å². The summed E-state index contributed by atoms with van der Waals surface area (Å²) >= 11 is 0. The minimum atomic E-state index is -0.828. The van der Waals surface area contributed by atoms with E-state index in [9.17, 15) is 14.7 Å². The monoisotopic (exact) mass is 600 g/mol. The summed E-state index contributed by atoms with van der Waals surface area (Å²) in [5, 5.41) is 10.6. The molecule has 0 bridgehead atoms. The molecular formula is C35H46N5O4+. The second kappa shape index (κ2) is 13.9. The maximum absolute atomic E-state index is 14.2. The standard InChI is InChI=1S/C35H45N5O4/c1-5-6-17-39(29-9-7-8-25(19-29)23-40(2,3)4)33(41)22-38-21-30(26-10-13-32-27(20-26)15-18-44-32)34(35(42)43)31(38)12-11-28-14-16-36-24-37-28/h7-10,13-14,16,19-20,24,30-31,34H,5-6,11-12,15,17-18,21-23H2,1-4H3/p+1/t30-,31+,34-/m1/s1. The number of likely N-dealkylation sites (tertiary alicyclic amines) is 1. The van der Waals surface area contributed by atoms with Crippen LogP contribution in [0.25, 0.3) is 0 Å². The van der Waals surface area contributed by atoms with E-state index in [4.69, 9.17) is 4.74 Å². The number of unbranched alkanes of at least 4 members (excludes halogenated alkanes) is 1. The molecule has 44 heavy (non-hydrogen) atoms. The number of hydrogen-bond acceptors (Lipinski definition) is 6. The van der Waals surface area contributed by atoms with Crippen LogP contribution in [-0.2, 0) is 29.0 Å². The number of amides is 1. The summed E-state index contributed by atoms with van der Waals surface area (Å²) in [4.78, 5) is 39.6. The van der Waals surface area contributed by atoms with E-state index in [0.29, 0.717) is 32.5 Å². The van der Waals surface area contributed by atoms with Gasteiger partial charge in [0.2, 0.25) is 5.91 Å². The SMILES string of the molecule is CCCCN(C(=O)CN1C[C@H](c2ccc3c(c2)CCO3)[C@@H](C(=O)O)[C@@H]1CCc1ccncn1)c1cccc(C[N+](C)(C)C)c1. The van der Waals surface area contributed by atoms with Gasteiger partial charge in [0.25, 0.3) is 0 Å². The van der Waals surface area contributed by atoms with Crippen molar-refractivity contribution in [1.82, 2.24) is 14.9 Å². The highest BCUT2D eigenvalue weighted by Crippen LogP contribution is 2.41. The predicted molar refractivity (Wildman–Crippen MR) is 171 cm³/mol. The molecule has 3 heterocycles. The van der Waals surface area contributed by atoms with Gasteiger partial charge >= 0.3 is 5.97 Å². The third-order valence-corrected chi connectivity index (χ3v) is 8.77. The van der Waals surface area contributed by atoms with Crippen LogP contribution in [0.3, 0.4) is 0 Å². The zero-order valence-corrected chi connectivity index (χ0v) is 26.5. The van der Waals surface area contributed by atoms with Gasteiger partial charge in [-0.2, -0.15) is 0 Å². The number of aryl methyl sites for hydroxylation is 1. The highest BCUT2D eigenvalue weighted by molar-refractivity contribution is 5.95. The number of nitrogens with zero attached hydrogens (tertiary/aromatic N) is 5. The first-order chi connectivity index (χ1) is 21.1. The first kappa shape index (κ1) is 31.6. The van der Waals surface area contributed by atoms with E-state index < -0.39 is 11.9 Å². The Bertz CT molecular complexity index is 1440. The van der Waals surface area contributed by atoms with Crippen LogP contribution < -0.4 is 9.64 Å².